The number of aryl methyl sites for hydroxylation is 1. The second-order valence-corrected chi connectivity index (χ2v) is 5.93. The monoisotopic (exact) mass is 306 g/mol. The fourth-order valence-electron chi connectivity index (χ4n) is 2.88. The largest absolute Gasteiger partial charge is 0.389 e. The number of β-amino-alcohol motifs (C(OH)–C–C–N with tert-alkyl or cyclic N) is 1. The lowest BCUT2D eigenvalue weighted by molar-refractivity contribution is -0.125. The van der Waals surface area contributed by atoms with Crippen LogP contribution in [0, 0.1) is 0 Å². The normalized spacial score (nSPS) is 25.9. The van der Waals surface area contributed by atoms with Crippen molar-refractivity contribution in [3.8, 4) is 0 Å². The number of carbonyl (C=O) groups excluding carboxylic acids is 1. The Balaban J connectivity index is 1.82. The SMILES string of the molecule is CCC(=O)N[C@H]1CN(CCCc2ccccc2)C[C@@H](O)[C@@H]1O. The molecule has 5 nitrogen and oxygen atoms in total. The van der Waals surface area contributed by atoms with E-state index in [1.165, 1.54) is 5.56 Å². The average molecular weight is 306 g/mol. The Morgan fingerprint density at radius 3 is 2.68 bits per heavy atom. The maximum absolute atomic E-state index is 11.5. The fraction of sp³-hybridized carbons (Fsp3) is 0.588. The van der Waals surface area contributed by atoms with Crippen molar-refractivity contribution in [3.05, 3.63) is 35.9 Å². The molecule has 0 unspecified atom stereocenters. The minimum absolute atomic E-state index is 0.0950. The molecule has 0 spiro atoms. The first-order chi connectivity index (χ1) is 10.6. The zero-order valence-corrected chi connectivity index (χ0v) is 13.1. The van der Waals surface area contributed by atoms with E-state index in [2.05, 4.69) is 22.3 Å². The summed E-state index contributed by atoms with van der Waals surface area (Å²) < 4.78 is 0. The number of aliphatic hydroxyl groups is 2. The molecule has 5 heteroatoms. The third-order valence-corrected chi connectivity index (χ3v) is 4.16. The van der Waals surface area contributed by atoms with Gasteiger partial charge in [0.05, 0.1) is 12.1 Å². The van der Waals surface area contributed by atoms with E-state index in [4.69, 9.17) is 0 Å². The van der Waals surface area contributed by atoms with E-state index >= 15 is 0 Å². The van der Waals surface area contributed by atoms with Crippen molar-refractivity contribution < 1.29 is 15.0 Å². The quantitative estimate of drug-likeness (QED) is 0.718. The first kappa shape index (κ1) is 16.9. The van der Waals surface area contributed by atoms with Gasteiger partial charge in [0.25, 0.3) is 0 Å². The molecule has 3 atom stereocenters. The highest BCUT2D eigenvalue weighted by Gasteiger charge is 2.34. The molecule has 0 radical (unpaired) electrons. The molecule has 1 saturated heterocycles. The number of carbonyl (C=O) groups is 1. The van der Waals surface area contributed by atoms with Crippen molar-refractivity contribution in [1.82, 2.24) is 10.2 Å². The minimum Gasteiger partial charge on any atom is -0.389 e. The number of piperidine rings is 1. The van der Waals surface area contributed by atoms with Crippen LogP contribution in [0.2, 0.25) is 0 Å². The lowest BCUT2D eigenvalue weighted by atomic mass is 9.98. The summed E-state index contributed by atoms with van der Waals surface area (Å²) in [5.41, 5.74) is 1.30. The molecule has 1 heterocycles. The molecule has 2 rings (SSSR count). The number of likely N-dealkylation sites (tertiary alicyclic amines) is 1. The smallest absolute Gasteiger partial charge is 0.220 e. The van der Waals surface area contributed by atoms with Crippen LogP contribution in [0.1, 0.15) is 25.3 Å². The molecule has 0 saturated carbocycles. The summed E-state index contributed by atoms with van der Waals surface area (Å²) in [5.74, 6) is -0.0950. The van der Waals surface area contributed by atoms with Crippen LogP contribution in [0.15, 0.2) is 30.3 Å². The molecule has 0 aromatic heterocycles. The van der Waals surface area contributed by atoms with E-state index in [1.54, 1.807) is 6.92 Å². The van der Waals surface area contributed by atoms with Gasteiger partial charge in [-0.2, -0.15) is 0 Å². The summed E-state index contributed by atoms with van der Waals surface area (Å²) >= 11 is 0. The van der Waals surface area contributed by atoms with E-state index in [0.29, 0.717) is 19.5 Å². The number of amides is 1. The molecule has 3 N–H and O–H groups in total. The predicted octanol–water partition coefficient (Wildman–Crippen LogP) is 0.551. The highest BCUT2D eigenvalue weighted by Crippen LogP contribution is 2.13. The third kappa shape index (κ3) is 4.80. The van der Waals surface area contributed by atoms with E-state index < -0.39 is 18.2 Å². The van der Waals surface area contributed by atoms with Gasteiger partial charge in [0, 0.05) is 19.5 Å². The van der Waals surface area contributed by atoms with E-state index in [9.17, 15) is 15.0 Å². The van der Waals surface area contributed by atoms with Gasteiger partial charge in [0.2, 0.25) is 5.91 Å². The Labute approximate surface area is 131 Å². The third-order valence-electron chi connectivity index (χ3n) is 4.16. The Morgan fingerprint density at radius 1 is 1.27 bits per heavy atom. The summed E-state index contributed by atoms with van der Waals surface area (Å²) in [6.07, 6.45) is 0.657. The fourth-order valence-corrected chi connectivity index (χ4v) is 2.88. The van der Waals surface area contributed by atoms with Crippen LogP contribution in [0.25, 0.3) is 0 Å². The number of nitrogens with zero attached hydrogens (tertiary/aromatic N) is 1. The van der Waals surface area contributed by atoms with Crippen molar-refractivity contribution >= 4 is 5.91 Å². The van der Waals surface area contributed by atoms with Gasteiger partial charge in [-0.1, -0.05) is 37.3 Å². The molecular weight excluding hydrogens is 280 g/mol. The van der Waals surface area contributed by atoms with Crippen LogP contribution in [0.4, 0.5) is 0 Å². The van der Waals surface area contributed by atoms with Crippen molar-refractivity contribution in [2.24, 2.45) is 0 Å². The van der Waals surface area contributed by atoms with Gasteiger partial charge < -0.3 is 15.5 Å². The standard InChI is InChI=1S/C17H26N2O3/c1-2-16(21)18-14-11-19(12-15(20)17(14)22)10-6-9-13-7-4-3-5-8-13/h3-5,7-8,14-15,17,20,22H,2,6,9-12H2,1H3,(H,18,21)/t14-,15+,17+/m0/s1. The van der Waals surface area contributed by atoms with Crippen LogP contribution in [-0.2, 0) is 11.2 Å². The maximum atomic E-state index is 11.5. The molecule has 1 aromatic rings. The highest BCUT2D eigenvalue weighted by atomic mass is 16.3. The first-order valence-corrected chi connectivity index (χ1v) is 8.02. The molecule has 0 bridgehead atoms. The highest BCUT2D eigenvalue weighted by molar-refractivity contribution is 5.75. The molecule has 1 aliphatic rings. The Hall–Kier alpha value is -1.43. The second-order valence-electron chi connectivity index (χ2n) is 5.93. The van der Waals surface area contributed by atoms with E-state index in [-0.39, 0.29) is 5.91 Å². The summed E-state index contributed by atoms with van der Waals surface area (Å²) in [6.45, 7) is 3.66. The van der Waals surface area contributed by atoms with Gasteiger partial charge in [-0.05, 0) is 24.9 Å². The van der Waals surface area contributed by atoms with Crippen molar-refractivity contribution in [2.45, 2.75) is 44.4 Å². The zero-order valence-electron chi connectivity index (χ0n) is 13.1. The van der Waals surface area contributed by atoms with Crippen LogP contribution in [0.5, 0.6) is 0 Å². The maximum Gasteiger partial charge on any atom is 0.220 e. The zero-order chi connectivity index (χ0) is 15.9. The lowest BCUT2D eigenvalue weighted by Crippen LogP contribution is -2.61. The summed E-state index contributed by atoms with van der Waals surface area (Å²) in [6, 6.07) is 9.90. The lowest BCUT2D eigenvalue weighted by Gasteiger charge is -2.39. The summed E-state index contributed by atoms with van der Waals surface area (Å²) in [4.78, 5) is 13.6. The molecule has 0 aliphatic carbocycles. The molecule has 1 fully saturated rings. The Morgan fingerprint density at radius 2 is 2.00 bits per heavy atom. The minimum atomic E-state index is -0.888. The van der Waals surface area contributed by atoms with Gasteiger partial charge in [0.1, 0.15) is 6.10 Å². The number of hydrogen-bond donors (Lipinski definition) is 3. The van der Waals surface area contributed by atoms with Gasteiger partial charge in [0.15, 0.2) is 0 Å². The Kier molecular flexibility index (Phi) is 6.36. The number of hydrogen-bond acceptors (Lipinski definition) is 4. The van der Waals surface area contributed by atoms with Crippen molar-refractivity contribution in [1.29, 1.82) is 0 Å². The number of aliphatic hydroxyl groups excluding tert-OH is 2. The van der Waals surface area contributed by atoms with Crippen LogP contribution >= 0.6 is 0 Å². The molecule has 1 aromatic carbocycles. The van der Waals surface area contributed by atoms with Gasteiger partial charge >= 0.3 is 0 Å². The van der Waals surface area contributed by atoms with Crippen LogP contribution in [0.3, 0.4) is 0 Å². The average Bonchev–Trinajstić information content (AvgIpc) is 2.53. The van der Waals surface area contributed by atoms with Gasteiger partial charge in [-0.25, -0.2) is 0 Å². The number of benzene rings is 1. The summed E-state index contributed by atoms with van der Waals surface area (Å²) in [7, 11) is 0. The van der Waals surface area contributed by atoms with Crippen molar-refractivity contribution in [3.63, 3.8) is 0 Å². The Bertz CT molecular complexity index is 466. The van der Waals surface area contributed by atoms with Crippen LogP contribution in [-0.4, -0.2) is 58.9 Å². The van der Waals surface area contributed by atoms with Crippen LogP contribution < -0.4 is 5.32 Å². The molecule has 122 valence electrons. The number of nitrogens with one attached hydrogen (secondary N) is 1. The van der Waals surface area contributed by atoms with E-state index in [1.807, 2.05) is 18.2 Å². The first-order valence-electron chi connectivity index (χ1n) is 8.02. The predicted molar refractivity (Wildman–Crippen MR) is 85.4 cm³/mol. The number of rotatable bonds is 6. The second kappa shape index (κ2) is 8.27. The van der Waals surface area contributed by atoms with E-state index in [0.717, 1.165) is 19.4 Å². The topological polar surface area (TPSA) is 72.8 Å². The molecule has 22 heavy (non-hydrogen) atoms. The molecular formula is C17H26N2O3. The van der Waals surface area contributed by atoms with Crippen molar-refractivity contribution in [2.75, 3.05) is 19.6 Å². The molecule has 1 aliphatic heterocycles. The summed E-state index contributed by atoms with van der Waals surface area (Å²) in [5, 5.41) is 22.8. The molecule has 1 amide bonds. The van der Waals surface area contributed by atoms with Gasteiger partial charge in [-0.15, -0.1) is 0 Å². The van der Waals surface area contributed by atoms with Gasteiger partial charge in [-0.3, -0.25) is 9.69 Å².